The van der Waals surface area contributed by atoms with Gasteiger partial charge in [0.1, 0.15) is 5.82 Å². The third-order valence-electron chi connectivity index (χ3n) is 6.40. The Morgan fingerprint density at radius 1 is 0.972 bits per heavy atom. The Kier molecular flexibility index (Phi) is 5.71. The van der Waals surface area contributed by atoms with E-state index in [-0.39, 0.29) is 11.7 Å². The van der Waals surface area contributed by atoms with Crippen molar-refractivity contribution >= 4 is 22.5 Å². The molecule has 0 unspecified atom stereocenters. The molecule has 8 heteroatoms. The van der Waals surface area contributed by atoms with E-state index >= 15 is 0 Å². The number of hydrogen-bond donors (Lipinski definition) is 2. The van der Waals surface area contributed by atoms with Crippen molar-refractivity contribution in [2.45, 2.75) is 13.0 Å². The Hall–Kier alpha value is -4.43. The van der Waals surface area contributed by atoms with Crippen LogP contribution < -0.4 is 5.32 Å². The lowest BCUT2D eigenvalue weighted by molar-refractivity contribution is 0.102. The molecule has 178 valence electrons. The molecule has 1 aliphatic heterocycles. The number of rotatable bonds is 6. The summed E-state index contributed by atoms with van der Waals surface area (Å²) in [6.45, 7) is 3.16. The Bertz CT molecular complexity index is 1560. The number of aromatic amines is 1. The van der Waals surface area contributed by atoms with Gasteiger partial charge >= 0.3 is 0 Å². The van der Waals surface area contributed by atoms with Gasteiger partial charge in [0.15, 0.2) is 5.69 Å². The number of H-pyrrole nitrogens is 1. The average molecular weight is 479 g/mol. The standard InChI is InChI=1S/C28H23FN6O/c29-22-4-1-3-20(12-22)25-8-6-23(16-31-25)32-28(36)27-24-13-19(5-7-26(24)33-34-27)21-11-18(14-30-15-21)17-35-9-2-10-35/h1,3-8,11-16H,2,9-10,17H2,(H,32,36)(H,33,34). The first-order valence-electron chi connectivity index (χ1n) is 11.8. The molecule has 0 radical (unpaired) electrons. The Morgan fingerprint density at radius 3 is 2.67 bits per heavy atom. The summed E-state index contributed by atoms with van der Waals surface area (Å²) in [5, 5.41) is 10.8. The summed E-state index contributed by atoms with van der Waals surface area (Å²) in [5.41, 5.74) is 6.02. The highest BCUT2D eigenvalue weighted by Gasteiger charge is 2.17. The number of aromatic nitrogens is 4. The molecule has 1 saturated heterocycles. The number of amides is 1. The largest absolute Gasteiger partial charge is 0.319 e. The first-order chi connectivity index (χ1) is 17.6. The molecule has 6 rings (SSSR count). The number of carbonyl (C=O) groups excluding carboxylic acids is 1. The van der Waals surface area contributed by atoms with Crippen molar-refractivity contribution in [1.29, 1.82) is 0 Å². The summed E-state index contributed by atoms with van der Waals surface area (Å²) < 4.78 is 13.5. The van der Waals surface area contributed by atoms with Crippen LogP contribution in [0, 0.1) is 5.82 Å². The van der Waals surface area contributed by atoms with Gasteiger partial charge in [-0.1, -0.05) is 18.2 Å². The molecule has 0 aliphatic carbocycles. The molecule has 2 N–H and O–H groups in total. The predicted molar refractivity (Wildman–Crippen MR) is 137 cm³/mol. The van der Waals surface area contributed by atoms with Crippen LogP contribution in [0.4, 0.5) is 10.1 Å². The molecule has 2 aromatic carbocycles. The van der Waals surface area contributed by atoms with Crippen molar-refractivity contribution in [3.05, 3.63) is 96.3 Å². The molecule has 0 bridgehead atoms. The van der Waals surface area contributed by atoms with Gasteiger partial charge in [-0.05, 0) is 73.1 Å². The monoisotopic (exact) mass is 478 g/mol. The van der Waals surface area contributed by atoms with Crippen LogP contribution in [0.2, 0.25) is 0 Å². The molecular weight excluding hydrogens is 455 g/mol. The molecule has 0 saturated carbocycles. The van der Waals surface area contributed by atoms with Gasteiger partial charge in [0.25, 0.3) is 5.91 Å². The number of carbonyl (C=O) groups is 1. The van der Waals surface area contributed by atoms with Crippen LogP contribution in [-0.2, 0) is 6.54 Å². The van der Waals surface area contributed by atoms with Crippen LogP contribution in [-0.4, -0.2) is 44.1 Å². The first-order valence-corrected chi connectivity index (χ1v) is 11.8. The van der Waals surface area contributed by atoms with Crippen molar-refractivity contribution in [3.8, 4) is 22.4 Å². The molecule has 4 heterocycles. The summed E-state index contributed by atoms with van der Waals surface area (Å²) >= 11 is 0. The van der Waals surface area contributed by atoms with Gasteiger partial charge in [-0.3, -0.25) is 24.8 Å². The van der Waals surface area contributed by atoms with Gasteiger partial charge < -0.3 is 5.32 Å². The second kappa shape index (κ2) is 9.31. The highest BCUT2D eigenvalue weighted by Crippen LogP contribution is 2.27. The fraction of sp³-hybridized carbons (Fsp3) is 0.143. The molecular formula is C28H23FN6O. The summed E-state index contributed by atoms with van der Waals surface area (Å²) in [5.74, 6) is -0.668. The number of fused-ring (bicyclic) bond motifs is 1. The van der Waals surface area contributed by atoms with E-state index in [9.17, 15) is 9.18 Å². The van der Waals surface area contributed by atoms with Gasteiger partial charge in [0.2, 0.25) is 0 Å². The van der Waals surface area contributed by atoms with E-state index in [1.54, 1.807) is 30.5 Å². The molecule has 0 atom stereocenters. The Balaban J connectivity index is 1.23. The van der Waals surface area contributed by atoms with E-state index in [1.807, 2.05) is 30.6 Å². The van der Waals surface area contributed by atoms with E-state index in [4.69, 9.17) is 0 Å². The molecule has 1 fully saturated rings. The smallest absolute Gasteiger partial charge is 0.276 e. The van der Waals surface area contributed by atoms with Crippen molar-refractivity contribution < 1.29 is 9.18 Å². The normalized spacial score (nSPS) is 13.5. The maximum absolute atomic E-state index is 13.5. The van der Waals surface area contributed by atoms with E-state index in [0.717, 1.165) is 41.7 Å². The van der Waals surface area contributed by atoms with Crippen molar-refractivity contribution in [2.75, 3.05) is 18.4 Å². The Morgan fingerprint density at radius 2 is 1.89 bits per heavy atom. The molecule has 5 aromatic rings. The van der Waals surface area contributed by atoms with Crippen LogP contribution in [0.1, 0.15) is 22.5 Å². The van der Waals surface area contributed by atoms with Crippen LogP contribution in [0.25, 0.3) is 33.3 Å². The number of likely N-dealkylation sites (tertiary alicyclic amines) is 1. The number of hydrogen-bond acceptors (Lipinski definition) is 5. The molecule has 36 heavy (non-hydrogen) atoms. The van der Waals surface area contributed by atoms with Gasteiger partial charge in [-0.15, -0.1) is 0 Å². The van der Waals surface area contributed by atoms with Gasteiger partial charge in [-0.25, -0.2) is 4.39 Å². The minimum atomic E-state index is -0.344. The third kappa shape index (κ3) is 4.46. The number of benzene rings is 2. The maximum atomic E-state index is 13.5. The fourth-order valence-corrected chi connectivity index (χ4v) is 4.37. The SMILES string of the molecule is O=C(Nc1ccc(-c2cccc(F)c2)nc1)c1n[nH]c2ccc(-c3cncc(CN4CCC4)c3)cc12. The van der Waals surface area contributed by atoms with E-state index in [0.29, 0.717) is 22.6 Å². The summed E-state index contributed by atoms with van der Waals surface area (Å²) in [6, 6.07) is 17.7. The van der Waals surface area contributed by atoms with Crippen LogP contribution in [0.5, 0.6) is 0 Å². The molecule has 1 aliphatic rings. The first kappa shape index (κ1) is 22.1. The number of pyridine rings is 2. The third-order valence-corrected chi connectivity index (χ3v) is 6.40. The second-order valence-corrected chi connectivity index (χ2v) is 8.94. The number of nitrogens with one attached hydrogen (secondary N) is 2. The zero-order valence-corrected chi connectivity index (χ0v) is 19.4. The van der Waals surface area contributed by atoms with E-state index in [1.165, 1.54) is 24.1 Å². The highest BCUT2D eigenvalue weighted by atomic mass is 19.1. The Labute approximate surface area is 207 Å². The molecule has 1 amide bonds. The predicted octanol–water partition coefficient (Wildman–Crippen LogP) is 5.28. The lowest BCUT2D eigenvalue weighted by atomic mass is 10.0. The van der Waals surface area contributed by atoms with Crippen LogP contribution in [0.15, 0.2) is 79.3 Å². The van der Waals surface area contributed by atoms with E-state index in [2.05, 4.69) is 36.4 Å². The quantitative estimate of drug-likeness (QED) is 0.347. The lowest BCUT2D eigenvalue weighted by Crippen LogP contribution is -2.36. The molecule has 3 aromatic heterocycles. The minimum absolute atomic E-state index is 0.297. The van der Waals surface area contributed by atoms with Gasteiger partial charge in [0.05, 0.1) is 23.1 Å². The van der Waals surface area contributed by atoms with Crippen LogP contribution in [0.3, 0.4) is 0 Å². The minimum Gasteiger partial charge on any atom is -0.319 e. The zero-order chi connectivity index (χ0) is 24.5. The lowest BCUT2D eigenvalue weighted by Gasteiger charge is -2.30. The summed E-state index contributed by atoms with van der Waals surface area (Å²) in [7, 11) is 0. The van der Waals surface area contributed by atoms with Gasteiger partial charge in [0, 0.05) is 35.5 Å². The second-order valence-electron chi connectivity index (χ2n) is 8.94. The summed E-state index contributed by atoms with van der Waals surface area (Å²) in [4.78, 5) is 24.2. The van der Waals surface area contributed by atoms with Crippen molar-refractivity contribution in [3.63, 3.8) is 0 Å². The molecule has 0 spiro atoms. The van der Waals surface area contributed by atoms with E-state index < -0.39 is 0 Å². The number of halogens is 1. The highest BCUT2D eigenvalue weighted by molar-refractivity contribution is 6.11. The van der Waals surface area contributed by atoms with Gasteiger partial charge in [-0.2, -0.15) is 5.10 Å². The topological polar surface area (TPSA) is 86.8 Å². The summed E-state index contributed by atoms with van der Waals surface area (Å²) in [6.07, 6.45) is 6.55. The van der Waals surface area contributed by atoms with Crippen molar-refractivity contribution in [1.82, 2.24) is 25.1 Å². The average Bonchev–Trinajstić information content (AvgIpc) is 3.30. The van der Waals surface area contributed by atoms with Crippen LogP contribution >= 0.6 is 0 Å². The number of anilines is 1. The van der Waals surface area contributed by atoms with Crippen molar-refractivity contribution in [2.24, 2.45) is 0 Å². The maximum Gasteiger partial charge on any atom is 0.276 e. The molecule has 7 nitrogen and oxygen atoms in total. The number of nitrogens with zero attached hydrogens (tertiary/aromatic N) is 4. The fourth-order valence-electron chi connectivity index (χ4n) is 4.37. The zero-order valence-electron chi connectivity index (χ0n) is 19.4.